The zero-order chi connectivity index (χ0) is 16.0. The normalized spacial score (nSPS) is 12.7. The van der Waals surface area contributed by atoms with Gasteiger partial charge in [0, 0.05) is 12.1 Å². The van der Waals surface area contributed by atoms with Gasteiger partial charge >= 0.3 is 0 Å². The minimum atomic E-state index is -3.80. The summed E-state index contributed by atoms with van der Waals surface area (Å²) in [6.07, 6.45) is 0.730. The number of carbonyl (C=O) groups is 1. The number of ether oxygens (including phenoxy) is 1. The Hall–Kier alpha value is -1.76. The lowest BCUT2D eigenvalue weighted by Crippen LogP contribution is -2.36. The molecule has 1 atom stereocenters. The van der Waals surface area contributed by atoms with Crippen molar-refractivity contribution in [1.29, 1.82) is 0 Å². The van der Waals surface area contributed by atoms with Crippen LogP contribution in [0.5, 0.6) is 5.75 Å². The molecule has 118 valence electrons. The summed E-state index contributed by atoms with van der Waals surface area (Å²) in [6, 6.07) is 4.34. The molecule has 7 heteroatoms. The molecule has 0 saturated heterocycles. The Kier molecular flexibility index (Phi) is 6.02. The SMILES string of the molecule is CCOc1ccc(N)c(S(=O)(=O)CC(=O)NC(C)CC)c1. The van der Waals surface area contributed by atoms with Gasteiger partial charge in [-0.25, -0.2) is 8.42 Å². The Morgan fingerprint density at radius 1 is 1.38 bits per heavy atom. The van der Waals surface area contributed by atoms with Gasteiger partial charge in [0.1, 0.15) is 11.5 Å². The molecule has 1 aromatic carbocycles. The van der Waals surface area contributed by atoms with Gasteiger partial charge < -0.3 is 15.8 Å². The number of anilines is 1. The smallest absolute Gasteiger partial charge is 0.235 e. The fourth-order valence-corrected chi connectivity index (χ4v) is 3.02. The van der Waals surface area contributed by atoms with Crippen molar-refractivity contribution in [3.8, 4) is 5.75 Å². The standard InChI is InChI=1S/C14H22N2O4S/c1-4-10(3)16-14(17)9-21(18,19)13-8-11(20-5-2)6-7-12(13)15/h6-8,10H,4-5,9,15H2,1-3H3,(H,16,17). The van der Waals surface area contributed by atoms with Gasteiger partial charge in [0.25, 0.3) is 0 Å². The molecular formula is C14H22N2O4S. The molecule has 21 heavy (non-hydrogen) atoms. The lowest BCUT2D eigenvalue weighted by atomic mass is 10.3. The number of carbonyl (C=O) groups excluding carboxylic acids is 1. The lowest BCUT2D eigenvalue weighted by molar-refractivity contribution is -0.119. The van der Waals surface area contributed by atoms with Crippen LogP contribution in [0.3, 0.4) is 0 Å². The third-order valence-corrected chi connectivity index (χ3v) is 4.64. The van der Waals surface area contributed by atoms with Crippen LogP contribution in [0.15, 0.2) is 23.1 Å². The number of rotatable bonds is 7. The van der Waals surface area contributed by atoms with E-state index in [1.165, 1.54) is 12.1 Å². The van der Waals surface area contributed by atoms with E-state index < -0.39 is 21.5 Å². The van der Waals surface area contributed by atoms with E-state index in [1.807, 2.05) is 13.8 Å². The summed E-state index contributed by atoms with van der Waals surface area (Å²) >= 11 is 0. The zero-order valence-corrected chi connectivity index (χ0v) is 13.4. The molecule has 0 aliphatic carbocycles. The molecule has 3 N–H and O–H groups in total. The van der Waals surface area contributed by atoms with Crippen LogP contribution in [0.2, 0.25) is 0 Å². The summed E-state index contributed by atoms with van der Waals surface area (Å²) in [5.41, 5.74) is 5.81. The molecule has 0 fully saturated rings. The van der Waals surface area contributed by atoms with Crippen molar-refractivity contribution in [3.05, 3.63) is 18.2 Å². The van der Waals surface area contributed by atoms with Gasteiger partial charge in [-0.2, -0.15) is 0 Å². The second kappa shape index (κ2) is 7.31. The number of hydrogen-bond acceptors (Lipinski definition) is 5. The Bertz CT molecular complexity index is 599. The number of nitrogens with one attached hydrogen (secondary N) is 1. The van der Waals surface area contributed by atoms with Crippen LogP contribution in [0.25, 0.3) is 0 Å². The van der Waals surface area contributed by atoms with Crippen molar-refractivity contribution in [3.63, 3.8) is 0 Å². The van der Waals surface area contributed by atoms with Crippen molar-refractivity contribution >= 4 is 21.4 Å². The van der Waals surface area contributed by atoms with E-state index in [0.29, 0.717) is 12.4 Å². The summed E-state index contributed by atoms with van der Waals surface area (Å²) in [6.45, 7) is 5.93. The highest BCUT2D eigenvalue weighted by Gasteiger charge is 2.23. The third-order valence-electron chi connectivity index (χ3n) is 2.97. The maximum Gasteiger partial charge on any atom is 0.235 e. The molecule has 0 spiro atoms. The first-order chi connectivity index (χ1) is 9.80. The van der Waals surface area contributed by atoms with Crippen molar-refractivity contribution in [2.45, 2.75) is 38.1 Å². The first kappa shape index (κ1) is 17.3. The van der Waals surface area contributed by atoms with Crippen LogP contribution in [-0.2, 0) is 14.6 Å². The number of nitrogen functional groups attached to an aromatic ring is 1. The van der Waals surface area contributed by atoms with E-state index in [9.17, 15) is 13.2 Å². The number of nitrogens with two attached hydrogens (primary N) is 1. The van der Waals surface area contributed by atoms with E-state index in [2.05, 4.69) is 5.32 Å². The van der Waals surface area contributed by atoms with E-state index >= 15 is 0 Å². The molecule has 6 nitrogen and oxygen atoms in total. The van der Waals surface area contributed by atoms with Gasteiger partial charge in [0.05, 0.1) is 17.2 Å². The quantitative estimate of drug-likeness (QED) is 0.740. The van der Waals surface area contributed by atoms with Crippen molar-refractivity contribution in [2.24, 2.45) is 0 Å². The molecular weight excluding hydrogens is 292 g/mol. The Balaban J connectivity index is 2.97. The van der Waals surface area contributed by atoms with E-state index in [4.69, 9.17) is 10.5 Å². The molecule has 1 unspecified atom stereocenters. The Morgan fingerprint density at radius 3 is 2.62 bits per heavy atom. The molecule has 0 saturated carbocycles. The van der Waals surface area contributed by atoms with Gasteiger partial charge in [0.2, 0.25) is 5.91 Å². The third kappa shape index (κ3) is 4.93. The molecule has 0 bridgehead atoms. The predicted molar refractivity (Wildman–Crippen MR) is 82.0 cm³/mol. The van der Waals surface area contributed by atoms with Crippen molar-refractivity contribution in [2.75, 3.05) is 18.1 Å². The molecule has 0 aromatic heterocycles. The maximum absolute atomic E-state index is 12.3. The van der Waals surface area contributed by atoms with Crippen LogP contribution >= 0.6 is 0 Å². The highest BCUT2D eigenvalue weighted by atomic mass is 32.2. The number of sulfone groups is 1. The first-order valence-corrected chi connectivity index (χ1v) is 8.49. The Labute approximate surface area is 125 Å². The number of benzene rings is 1. The van der Waals surface area contributed by atoms with Gasteiger partial charge in [-0.15, -0.1) is 0 Å². The highest BCUT2D eigenvalue weighted by molar-refractivity contribution is 7.92. The second-order valence-corrected chi connectivity index (χ2v) is 6.73. The summed E-state index contributed by atoms with van der Waals surface area (Å²) < 4.78 is 29.8. The van der Waals surface area contributed by atoms with Crippen LogP contribution in [0.1, 0.15) is 27.2 Å². The monoisotopic (exact) mass is 314 g/mol. The predicted octanol–water partition coefficient (Wildman–Crippen LogP) is 1.36. The van der Waals surface area contributed by atoms with E-state index in [0.717, 1.165) is 6.42 Å². The summed E-state index contributed by atoms with van der Waals surface area (Å²) in [5.74, 6) is -0.755. The highest BCUT2D eigenvalue weighted by Crippen LogP contribution is 2.25. The zero-order valence-electron chi connectivity index (χ0n) is 12.5. The number of amides is 1. The van der Waals surface area contributed by atoms with Crippen LogP contribution < -0.4 is 15.8 Å². The van der Waals surface area contributed by atoms with E-state index in [-0.39, 0.29) is 16.6 Å². The van der Waals surface area contributed by atoms with Crippen molar-refractivity contribution < 1.29 is 17.9 Å². The Morgan fingerprint density at radius 2 is 2.05 bits per heavy atom. The second-order valence-electron chi connectivity index (χ2n) is 4.77. The van der Waals surface area contributed by atoms with Crippen LogP contribution in [0.4, 0.5) is 5.69 Å². The maximum atomic E-state index is 12.3. The molecule has 0 heterocycles. The molecule has 1 rings (SSSR count). The molecule has 0 aliphatic rings. The van der Waals surface area contributed by atoms with Gasteiger partial charge in [-0.3, -0.25) is 4.79 Å². The largest absolute Gasteiger partial charge is 0.494 e. The van der Waals surface area contributed by atoms with Crippen molar-refractivity contribution in [1.82, 2.24) is 5.32 Å². The molecule has 0 aliphatic heterocycles. The van der Waals surface area contributed by atoms with Crippen LogP contribution in [0, 0.1) is 0 Å². The summed E-state index contributed by atoms with van der Waals surface area (Å²) in [4.78, 5) is 11.7. The minimum absolute atomic E-state index is 0.0696. The topological polar surface area (TPSA) is 98.5 Å². The molecule has 0 radical (unpaired) electrons. The van der Waals surface area contributed by atoms with Gasteiger partial charge in [-0.1, -0.05) is 6.92 Å². The summed E-state index contributed by atoms with van der Waals surface area (Å²) in [7, 11) is -3.80. The molecule has 1 aromatic rings. The lowest BCUT2D eigenvalue weighted by Gasteiger charge is -2.13. The first-order valence-electron chi connectivity index (χ1n) is 6.84. The van der Waals surface area contributed by atoms with Crippen LogP contribution in [-0.4, -0.2) is 32.7 Å². The van der Waals surface area contributed by atoms with E-state index in [1.54, 1.807) is 13.0 Å². The minimum Gasteiger partial charge on any atom is -0.494 e. The average Bonchev–Trinajstić information content (AvgIpc) is 2.40. The fourth-order valence-electron chi connectivity index (χ4n) is 1.71. The average molecular weight is 314 g/mol. The fraction of sp³-hybridized carbons (Fsp3) is 0.500. The van der Waals surface area contributed by atoms with Gasteiger partial charge in [0.15, 0.2) is 9.84 Å². The molecule has 1 amide bonds. The number of hydrogen-bond donors (Lipinski definition) is 2. The summed E-state index contributed by atoms with van der Waals surface area (Å²) in [5, 5.41) is 2.62. The van der Waals surface area contributed by atoms with Gasteiger partial charge in [-0.05, 0) is 32.4 Å².